The summed E-state index contributed by atoms with van der Waals surface area (Å²) in [6.07, 6.45) is -2.93. The predicted molar refractivity (Wildman–Crippen MR) is 121 cm³/mol. The zero-order valence-electron chi connectivity index (χ0n) is 19.4. The standard InChI is InChI=1S/C24H15F5N4O5/c1-36-17-8-13-16(9-18(17)37-2)31-10-32-23(13)38-12-6-14(25)20(15(26)7-12)21(34)22(35)33-11-3-4-30-19(5-11)24(27,28)29/h3-10H,1-2H3,(H,30,33,35). The summed E-state index contributed by atoms with van der Waals surface area (Å²) in [6, 6.07) is 5.75. The molecule has 9 nitrogen and oxygen atoms in total. The third-order valence-electron chi connectivity index (χ3n) is 5.08. The number of methoxy groups -OCH3 is 2. The number of ether oxygens (including phenoxy) is 3. The van der Waals surface area contributed by atoms with Gasteiger partial charge in [0.05, 0.1) is 30.7 Å². The van der Waals surface area contributed by atoms with Gasteiger partial charge in [-0.05, 0) is 18.2 Å². The van der Waals surface area contributed by atoms with Crippen LogP contribution in [0.3, 0.4) is 0 Å². The van der Waals surface area contributed by atoms with Gasteiger partial charge in [-0.2, -0.15) is 13.2 Å². The Bertz CT molecular complexity index is 1540. The van der Waals surface area contributed by atoms with Crippen molar-refractivity contribution in [3.8, 4) is 23.1 Å². The van der Waals surface area contributed by atoms with E-state index in [0.29, 0.717) is 40.6 Å². The lowest BCUT2D eigenvalue weighted by atomic mass is 10.1. The molecule has 4 aromatic rings. The summed E-state index contributed by atoms with van der Waals surface area (Å²) >= 11 is 0. The van der Waals surface area contributed by atoms with Gasteiger partial charge in [0.1, 0.15) is 29.4 Å². The SMILES string of the molecule is COc1cc2ncnc(Oc3cc(F)c(C(=O)C(=O)Nc4ccnc(C(F)(F)F)c4)c(F)c3)c2cc1OC. The molecular formula is C24H15F5N4O5. The number of fused-ring (bicyclic) bond motifs is 1. The number of aromatic nitrogens is 3. The number of ketones is 1. The van der Waals surface area contributed by atoms with Crippen molar-refractivity contribution in [1.82, 2.24) is 15.0 Å². The summed E-state index contributed by atoms with van der Waals surface area (Å²) in [4.78, 5) is 35.8. The van der Waals surface area contributed by atoms with Gasteiger partial charge in [-0.1, -0.05) is 0 Å². The molecular weight excluding hydrogens is 519 g/mol. The first-order chi connectivity index (χ1) is 18.0. The molecule has 4 rings (SSSR count). The maximum atomic E-state index is 14.8. The minimum atomic E-state index is -4.81. The van der Waals surface area contributed by atoms with E-state index in [4.69, 9.17) is 14.2 Å². The van der Waals surface area contributed by atoms with Crippen LogP contribution in [0, 0.1) is 11.6 Å². The summed E-state index contributed by atoms with van der Waals surface area (Å²) in [5.74, 6) is -5.99. The van der Waals surface area contributed by atoms with Gasteiger partial charge in [-0.3, -0.25) is 14.6 Å². The maximum absolute atomic E-state index is 14.8. The molecule has 0 saturated carbocycles. The number of carbonyl (C=O) groups excluding carboxylic acids is 2. The first kappa shape index (κ1) is 26.2. The van der Waals surface area contributed by atoms with Crippen LogP contribution in [0.2, 0.25) is 0 Å². The minimum Gasteiger partial charge on any atom is -0.493 e. The first-order valence-electron chi connectivity index (χ1n) is 10.4. The molecule has 2 aromatic carbocycles. The van der Waals surface area contributed by atoms with E-state index >= 15 is 0 Å². The van der Waals surface area contributed by atoms with E-state index in [1.54, 1.807) is 0 Å². The van der Waals surface area contributed by atoms with E-state index in [0.717, 1.165) is 18.6 Å². The zero-order chi connectivity index (χ0) is 27.6. The molecule has 0 spiro atoms. The van der Waals surface area contributed by atoms with E-state index in [1.807, 2.05) is 5.32 Å². The first-order valence-corrected chi connectivity index (χ1v) is 10.4. The molecule has 14 heteroatoms. The molecule has 0 atom stereocenters. The van der Waals surface area contributed by atoms with Crippen molar-refractivity contribution >= 4 is 28.3 Å². The Morgan fingerprint density at radius 1 is 0.895 bits per heavy atom. The Labute approximate surface area is 210 Å². The van der Waals surface area contributed by atoms with Gasteiger partial charge in [0.25, 0.3) is 11.7 Å². The summed E-state index contributed by atoms with van der Waals surface area (Å²) in [5, 5.41) is 2.18. The van der Waals surface area contributed by atoms with E-state index in [1.165, 1.54) is 26.4 Å². The summed E-state index contributed by atoms with van der Waals surface area (Å²) < 4.78 is 83.9. The minimum absolute atomic E-state index is 0.107. The highest BCUT2D eigenvalue weighted by atomic mass is 19.4. The maximum Gasteiger partial charge on any atom is 0.433 e. The average Bonchev–Trinajstić information content (AvgIpc) is 2.87. The number of halogens is 5. The van der Waals surface area contributed by atoms with Crippen LogP contribution < -0.4 is 19.5 Å². The molecule has 0 bridgehead atoms. The molecule has 0 aliphatic rings. The van der Waals surface area contributed by atoms with Gasteiger partial charge in [0.15, 0.2) is 11.5 Å². The van der Waals surface area contributed by atoms with Crippen molar-refractivity contribution in [3.63, 3.8) is 0 Å². The number of carbonyl (C=O) groups is 2. The monoisotopic (exact) mass is 534 g/mol. The van der Waals surface area contributed by atoms with Crippen LogP contribution in [0.25, 0.3) is 10.9 Å². The van der Waals surface area contributed by atoms with E-state index in [-0.39, 0.29) is 5.88 Å². The topological polar surface area (TPSA) is 113 Å². The third-order valence-corrected chi connectivity index (χ3v) is 5.08. The molecule has 1 amide bonds. The number of rotatable bonds is 7. The van der Waals surface area contributed by atoms with Crippen molar-refractivity contribution in [2.75, 3.05) is 19.5 Å². The van der Waals surface area contributed by atoms with Crippen molar-refractivity contribution in [1.29, 1.82) is 0 Å². The lowest BCUT2D eigenvalue weighted by Crippen LogP contribution is -2.25. The number of hydrogen-bond acceptors (Lipinski definition) is 8. The molecule has 38 heavy (non-hydrogen) atoms. The summed E-state index contributed by atoms with van der Waals surface area (Å²) in [7, 11) is 2.82. The fourth-order valence-electron chi connectivity index (χ4n) is 3.34. The molecule has 2 aromatic heterocycles. The van der Waals surface area contributed by atoms with Crippen molar-refractivity contribution < 1.29 is 45.8 Å². The quantitative estimate of drug-likeness (QED) is 0.201. The average molecular weight is 534 g/mol. The normalized spacial score (nSPS) is 11.2. The van der Waals surface area contributed by atoms with Crippen LogP contribution in [0.1, 0.15) is 16.1 Å². The number of Topliss-reactive ketones (excluding diaryl/α,β-unsaturated/α-hetero) is 1. The largest absolute Gasteiger partial charge is 0.493 e. The second-order valence-corrected chi connectivity index (χ2v) is 7.48. The number of nitrogens with one attached hydrogen (secondary N) is 1. The third kappa shape index (κ3) is 5.28. The smallest absolute Gasteiger partial charge is 0.433 e. The van der Waals surface area contributed by atoms with Crippen LogP contribution in [-0.4, -0.2) is 40.9 Å². The van der Waals surface area contributed by atoms with Crippen LogP contribution in [0.5, 0.6) is 23.1 Å². The van der Waals surface area contributed by atoms with Crippen LogP contribution in [-0.2, 0) is 11.0 Å². The fraction of sp³-hybridized carbons (Fsp3) is 0.125. The molecule has 0 fully saturated rings. The molecule has 0 saturated heterocycles. The highest BCUT2D eigenvalue weighted by Crippen LogP contribution is 2.36. The van der Waals surface area contributed by atoms with Crippen LogP contribution in [0.4, 0.5) is 27.6 Å². The fourth-order valence-corrected chi connectivity index (χ4v) is 3.34. The van der Waals surface area contributed by atoms with Crippen LogP contribution >= 0.6 is 0 Å². The second kappa shape index (κ2) is 10.2. The number of benzene rings is 2. The molecule has 0 aliphatic heterocycles. The highest BCUT2D eigenvalue weighted by Gasteiger charge is 2.33. The molecule has 0 unspecified atom stereocenters. The number of nitrogens with zero attached hydrogens (tertiary/aromatic N) is 3. The molecule has 2 heterocycles. The van der Waals surface area contributed by atoms with Gasteiger partial charge in [0.2, 0.25) is 5.88 Å². The van der Waals surface area contributed by atoms with Crippen molar-refractivity contribution in [2.45, 2.75) is 6.18 Å². The Morgan fingerprint density at radius 2 is 1.55 bits per heavy atom. The van der Waals surface area contributed by atoms with Crippen LogP contribution in [0.15, 0.2) is 48.9 Å². The number of hydrogen-bond donors (Lipinski definition) is 1. The van der Waals surface area contributed by atoms with Gasteiger partial charge >= 0.3 is 6.18 Å². The Hall–Kier alpha value is -4.88. The lowest BCUT2D eigenvalue weighted by molar-refractivity contribution is -0.141. The number of amides is 1. The highest BCUT2D eigenvalue weighted by molar-refractivity contribution is 6.46. The number of anilines is 1. The number of pyridine rings is 1. The lowest BCUT2D eigenvalue weighted by Gasteiger charge is -2.12. The number of alkyl halides is 3. The molecule has 1 N–H and O–H groups in total. The molecule has 0 aliphatic carbocycles. The predicted octanol–water partition coefficient (Wildman–Crippen LogP) is 4.95. The second-order valence-electron chi connectivity index (χ2n) is 7.48. The van der Waals surface area contributed by atoms with E-state index in [9.17, 15) is 31.5 Å². The van der Waals surface area contributed by atoms with Crippen molar-refractivity contribution in [3.05, 3.63) is 71.8 Å². The Balaban J connectivity index is 1.60. The molecule has 0 radical (unpaired) electrons. The van der Waals surface area contributed by atoms with Crippen molar-refractivity contribution in [2.24, 2.45) is 0 Å². The van der Waals surface area contributed by atoms with Gasteiger partial charge in [0, 0.05) is 30.1 Å². The van der Waals surface area contributed by atoms with Gasteiger partial charge in [-0.15, -0.1) is 0 Å². The Morgan fingerprint density at radius 3 is 2.18 bits per heavy atom. The molecule has 196 valence electrons. The zero-order valence-corrected chi connectivity index (χ0v) is 19.4. The van der Waals surface area contributed by atoms with E-state index < -0.39 is 52.2 Å². The summed E-state index contributed by atoms with van der Waals surface area (Å²) in [5.41, 5.74) is -2.66. The van der Waals surface area contributed by atoms with Gasteiger partial charge in [-0.25, -0.2) is 18.7 Å². The van der Waals surface area contributed by atoms with Gasteiger partial charge < -0.3 is 19.5 Å². The Kier molecular flexibility index (Phi) is 7.06. The summed E-state index contributed by atoms with van der Waals surface area (Å²) in [6.45, 7) is 0. The van der Waals surface area contributed by atoms with E-state index in [2.05, 4.69) is 15.0 Å².